The van der Waals surface area contributed by atoms with Crippen molar-refractivity contribution < 1.29 is 19.2 Å². The van der Waals surface area contributed by atoms with Crippen molar-refractivity contribution >= 4 is 58.2 Å². The standard InChI is InChI=1S/C33H22Cl2N2O4/c34-20-13-11-19(12-14-20)18-33-27(30(39)37(32(33)41)23-9-5-2-6-10-23)25-17-21(35)15-16-24(25)26-28(33)31(40)36(29(26)38)22-7-3-1-4-8-22/h1-17,26-28H,18H2/t26-,27-,28+,33-/m1/s1. The van der Waals surface area contributed by atoms with E-state index in [-0.39, 0.29) is 6.42 Å². The second kappa shape index (κ2) is 9.40. The average Bonchev–Trinajstić information content (AvgIpc) is 3.37. The van der Waals surface area contributed by atoms with Crippen LogP contribution in [0.2, 0.25) is 10.0 Å². The van der Waals surface area contributed by atoms with Gasteiger partial charge in [-0.2, -0.15) is 0 Å². The smallest absolute Gasteiger partial charge is 0.242 e. The average molecular weight is 581 g/mol. The Labute approximate surface area is 246 Å². The van der Waals surface area contributed by atoms with E-state index in [0.29, 0.717) is 32.5 Å². The van der Waals surface area contributed by atoms with E-state index in [9.17, 15) is 19.2 Å². The highest BCUT2D eigenvalue weighted by atomic mass is 35.5. The van der Waals surface area contributed by atoms with E-state index in [0.717, 1.165) is 5.56 Å². The van der Waals surface area contributed by atoms with Crippen LogP contribution < -0.4 is 9.80 Å². The van der Waals surface area contributed by atoms with Gasteiger partial charge in [0.05, 0.1) is 34.5 Å². The molecule has 4 aromatic rings. The van der Waals surface area contributed by atoms with Gasteiger partial charge in [-0.15, -0.1) is 0 Å². The number of amides is 4. The Kier molecular flexibility index (Phi) is 5.89. The number of halogens is 2. The second-order valence-electron chi connectivity index (χ2n) is 10.7. The molecule has 8 heteroatoms. The summed E-state index contributed by atoms with van der Waals surface area (Å²) in [6.45, 7) is 0. The maximum absolute atomic E-state index is 14.8. The number of carbonyl (C=O) groups is 4. The molecule has 2 saturated heterocycles. The SMILES string of the molecule is O=C1[C@@H]2c3ccc(Cl)cc3[C@@H]3C(=O)N(c4ccccc4)C(=O)[C@@]3(Cc3ccc(Cl)cc3)[C@@H]2C(=O)N1c1ccccc1. The summed E-state index contributed by atoms with van der Waals surface area (Å²) in [5, 5.41) is 0.890. The Morgan fingerprint density at radius 1 is 0.610 bits per heavy atom. The normalized spacial score (nSPS) is 24.9. The molecule has 0 bridgehead atoms. The van der Waals surface area contributed by atoms with Gasteiger partial charge in [0.1, 0.15) is 0 Å². The summed E-state index contributed by atoms with van der Waals surface area (Å²) >= 11 is 12.6. The van der Waals surface area contributed by atoms with E-state index >= 15 is 0 Å². The predicted molar refractivity (Wildman–Crippen MR) is 156 cm³/mol. The molecule has 3 aliphatic rings. The Morgan fingerprint density at radius 2 is 1.20 bits per heavy atom. The first kappa shape index (κ1) is 25.7. The molecule has 202 valence electrons. The summed E-state index contributed by atoms with van der Waals surface area (Å²) in [5.41, 5.74) is 1.01. The number of fused-ring (bicyclic) bond motifs is 6. The fourth-order valence-electron chi connectivity index (χ4n) is 6.97. The van der Waals surface area contributed by atoms with E-state index in [1.165, 1.54) is 9.80 Å². The molecule has 0 spiro atoms. The molecule has 2 fully saturated rings. The summed E-state index contributed by atoms with van der Waals surface area (Å²) in [4.78, 5) is 60.3. The molecule has 0 saturated carbocycles. The molecule has 0 N–H and O–H groups in total. The predicted octanol–water partition coefficient (Wildman–Crippen LogP) is 6.17. The van der Waals surface area contributed by atoms with Crippen LogP contribution in [0, 0.1) is 11.3 Å². The van der Waals surface area contributed by atoms with Crippen LogP contribution in [0.25, 0.3) is 0 Å². The number of benzene rings is 4. The molecule has 2 heterocycles. The maximum Gasteiger partial charge on any atom is 0.242 e. The van der Waals surface area contributed by atoms with Gasteiger partial charge in [-0.25, -0.2) is 9.80 Å². The minimum atomic E-state index is -1.58. The van der Waals surface area contributed by atoms with Gasteiger partial charge in [-0.3, -0.25) is 19.2 Å². The topological polar surface area (TPSA) is 74.8 Å². The number of para-hydroxylation sites is 2. The van der Waals surface area contributed by atoms with E-state index in [1.54, 1.807) is 103 Å². The summed E-state index contributed by atoms with van der Waals surface area (Å²) in [7, 11) is 0. The minimum absolute atomic E-state index is 0.0531. The second-order valence-corrected chi connectivity index (χ2v) is 11.5. The van der Waals surface area contributed by atoms with Crippen molar-refractivity contribution in [3.63, 3.8) is 0 Å². The van der Waals surface area contributed by atoms with Gasteiger partial charge < -0.3 is 0 Å². The van der Waals surface area contributed by atoms with Crippen LogP contribution in [-0.4, -0.2) is 23.6 Å². The third kappa shape index (κ3) is 3.64. The van der Waals surface area contributed by atoms with Crippen molar-refractivity contribution in [3.8, 4) is 0 Å². The molecule has 1 aliphatic carbocycles. The van der Waals surface area contributed by atoms with Gasteiger partial charge in [0, 0.05) is 10.0 Å². The number of hydrogen-bond donors (Lipinski definition) is 0. The number of carbonyl (C=O) groups excluding carboxylic acids is 4. The lowest BCUT2D eigenvalue weighted by Crippen LogP contribution is -2.51. The fourth-order valence-corrected chi connectivity index (χ4v) is 7.27. The largest absolute Gasteiger partial charge is 0.274 e. The zero-order valence-corrected chi connectivity index (χ0v) is 23.0. The lowest BCUT2D eigenvalue weighted by atomic mass is 9.54. The van der Waals surface area contributed by atoms with Crippen LogP contribution in [0.3, 0.4) is 0 Å². The number of nitrogens with zero attached hydrogens (tertiary/aromatic N) is 2. The zero-order valence-electron chi connectivity index (χ0n) is 21.5. The first-order valence-corrected chi connectivity index (χ1v) is 14.0. The van der Waals surface area contributed by atoms with Crippen molar-refractivity contribution in [2.45, 2.75) is 18.3 Å². The molecule has 0 unspecified atom stereocenters. The molecular formula is C33H22Cl2N2O4. The summed E-state index contributed by atoms with van der Waals surface area (Å²) < 4.78 is 0. The van der Waals surface area contributed by atoms with Crippen LogP contribution in [0.1, 0.15) is 28.5 Å². The van der Waals surface area contributed by atoms with Gasteiger partial charge in [0.15, 0.2) is 0 Å². The third-order valence-electron chi connectivity index (χ3n) is 8.58. The Balaban J connectivity index is 1.52. The molecule has 7 rings (SSSR count). The molecular weight excluding hydrogens is 559 g/mol. The molecule has 4 aromatic carbocycles. The molecule has 2 aliphatic heterocycles. The molecule has 0 radical (unpaired) electrons. The maximum atomic E-state index is 14.8. The van der Waals surface area contributed by atoms with Gasteiger partial charge >= 0.3 is 0 Å². The number of rotatable bonds is 4. The third-order valence-corrected chi connectivity index (χ3v) is 9.07. The fraction of sp³-hybridized carbons (Fsp3) is 0.152. The highest BCUT2D eigenvalue weighted by Crippen LogP contribution is 2.63. The van der Waals surface area contributed by atoms with Crippen LogP contribution in [0.4, 0.5) is 11.4 Å². The Hall–Kier alpha value is -4.26. The quantitative estimate of drug-likeness (QED) is 0.271. The van der Waals surface area contributed by atoms with Crippen molar-refractivity contribution in [1.82, 2.24) is 0 Å². The number of anilines is 2. The molecule has 41 heavy (non-hydrogen) atoms. The summed E-state index contributed by atoms with van der Waals surface area (Å²) in [6.07, 6.45) is 0.0531. The highest BCUT2D eigenvalue weighted by molar-refractivity contribution is 6.33. The lowest BCUT2D eigenvalue weighted by molar-refractivity contribution is -0.138. The monoisotopic (exact) mass is 580 g/mol. The lowest BCUT2D eigenvalue weighted by Gasteiger charge is -2.43. The Bertz CT molecular complexity index is 1740. The minimum Gasteiger partial charge on any atom is -0.274 e. The first-order chi connectivity index (χ1) is 19.8. The van der Waals surface area contributed by atoms with Crippen molar-refractivity contribution in [1.29, 1.82) is 0 Å². The van der Waals surface area contributed by atoms with Crippen molar-refractivity contribution in [2.24, 2.45) is 11.3 Å². The van der Waals surface area contributed by atoms with Crippen LogP contribution in [0.5, 0.6) is 0 Å². The van der Waals surface area contributed by atoms with Crippen molar-refractivity contribution in [3.05, 3.63) is 130 Å². The van der Waals surface area contributed by atoms with Gasteiger partial charge in [0.25, 0.3) is 0 Å². The van der Waals surface area contributed by atoms with Crippen LogP contribution >= 0.6 is 23.2 Å². The van der Waals surface area contributed by atoms with E-state index in [4.69, 9.17) is 23.2 Å². The highest BCUT2D eigenvalue weighted by Gasteiger charge is 2.73. The summed E-state index contributed by atoms with van der Waals surface area (Å²) in [6, 6.07) is 29.4. The van der Waals surface area contributed by atoms with Crippen LogP contribution in [0.15, 0.2) is 103 Å². The number of hydrogen-bond acceptors (Lipinski definition) is 4. The molecule has 4 amide bonds. The van der Waals surface area contributed by atoms with E-state index in [2.05, 4.69) is 0 Å². The molecule has 0 aromatic heterocycles. The summed E-state index contributed by atoms with van der Waals surface area (Å²) in [5.74, 6) is -5.00. The number of imide groups is 2. The molecule has 6 nitrogen and oxygen atoms in total. The van der Waals surface area contributed by atoms with Gasteiger partial charge in [-0.1, -0.05) is 77.8 Å². The molecule has 4 atom stereocenters. The van der Waals surface area contributed by atoms with Gasteiger partial charge in [0.2, 0.25) is 23.6 Å². The van der Waals surface area contributed by atoms with Crippen molar-refractivity contribution in [2.75, 3.05) is 9.80 Å². The van der Waals surface area contributed by atoms with E-state index < -0.39 is 46.8 Å². The zero-order chi connectivity index (χ0) is 28.5. The van der Waals surface area contributed by atoms with E-state index in [1.807, 2.05) is 0 Å². The van der Waals surface area contributed by atoms with Gasteiger partial charge in [-0.05, 0) is 71.6 Å². The first-order valence-electron chi connectivity index (χ1n) is 13.2. The Morgan fingerprint density at radius 3 is 1.83 bits per heavy atom. The van der Waals surface area contributed by atoms with Crippen LogP contribution in [-0.2, 0) is 25.6 Å².